The Hall–Kier alpha value is -2.84. The molecule has 8 nitrogen and oxygen atoms in total. The van der Waals surface area contributed by atoms with Crippen molar-refractivity contribution in [1.82, 2.24) is 15.2 Å². The van der Waals surface area contributed by atoms with Gasteiger partial charge in [0.25, 0.3) is 5.91 Å². The van der Waals surface area contributed by atoms with E-state index in [2.05, 4.69) is 20.5 Å². The summed E-state index contributed by atoms with van der Waals surface area (Å²) in [6, 6.07) is 7.22. The number of benzene rings is 1. The largest absolute Gasteiger partial charge is 0.497 e. The molecule has 28 heavy (non-hydrogen) atoms. The Morgan fingerprint density at radius 1 is 1.18 bits per heavy atom. The van der Waals surface area contributed by atoms with Crippen LogP contribution in [-0.2, 0) is 4.74 Å². The number of morpholine rings is 1. The quantitative estimate of drug-likeness (QED) is 0.717. The van der Waals surface area contributed by atoms with Gasteiger partial charge in [-0.3, -0.25) is 14.7 Å². The molecule has 1 aromatic carbocycles. The summed E-state index contributed by atoms with van der Waals surface area (Å²) in [7, 11) is 3.21. The predicted octanol–water partition coefficient (Wildman–Crippen LogP) is 1.90. The molecule has 1 saturated heterocycles. The number of aromatic nitrogens is 1. The molecule has 8 heteroatoms. The van der Waals surface area contributed by atoms with Gasteiger partial charge in [-0.1, -0.05) is 0 Å². The minimum atomic E-state index is -0.151. The van der Waals surface area contributed by atoms with E-state index in [0.29, 0.717) is 29.3 Å². The van der Waals surface area contributed by atoms with Gasteiger partial charge >= 0.3 is 0 Å². The lowest BCUT2D eigenvalue weighted by atomic mass is 10.2. The molecule has 0 saturated carbocycles. The van der Waals surface area contributed by atoms with E-state index in [-0.39, 0.29) is 5.91 Å². The van der Waals surface area contributed by atoms with Crippen LogP contribution in [0.4, 0.5) is 11.4 Å². The first-order valence-corrected chi connectivity index (χ1v) is 9.22. The van der Waals surface area contributed by atoms with Crippen LogP contribution in [0.25, 0.3) is 0 Å². The number of ether oxygens (including phenoxy) is 3. The topological polar surface area (TPSA) is 85.0 Å². The van der Waals surface area contributed by atoms with Gasteiger partial charge in [0, 0.05) is 38.4 Å². The van der Waals surface area contributed by atoms with E-state index in [1.54, 1.807) is 32.7 Å². The molecule has 1 amide bonds. The normalized spacial score (nSPS) is 14.4. The van der Waals surface area contributed by atoms with Crippen LogP contribution in [0.15, 0.2) is 36.7 Å². The first-order valence-electron chi connectivity index (χ1n) is 9.22. The third-order valence-corrected chi connectivity index (χ3v) is 4.50. The molecular formula is C20H26N4O4. The van der Waals surface area contributed by atoms with E-state index in [9.17, 15) is 4.79 Å². The Labute approximate surface area is 164 Å². The van der Waals surface area contributed by atoms with E-state index < -0.39 is 0 Å². The molecule has 2 N–H and O–H groups in total. The lowest BCUT2D eigenvalue weighted by Crippen LogP contribution is -2.41. The van der Waals surface area contributed by atoms with Crippen molar-refractivity contribution in [3.8, 4) is 11.5 Å². The van der Waals surface area contributed by atoms with Crippen LogP contribution in [0.5, 0.6) is 11.5 Å². The zero-order chi connectivity index (χ0) is 19.8. The van der Waals surface area contributed by atoms with Crippen LogP contribution in [0.2, 0.25) is 0 Å². The smallest absolute Gasteiger partial charge is 0.252 e. The number of anilines is 2. The average molecular weight is 386 g/mol. The van der Waals surface area contributed by atoms with E-state index in [0.717, 1.165) is 38.5 Å². The van der Waals surface area contributed by atoms with Gasteiger partial charge in [0.1, 0.15) is 11.5 Å². The number of hydrogen-bond donors (Lipinski definition) is 2. The molecule has 0 atom stereocenters. The lowest BCUT2D eigenvalue weighted by Gasteiger charge is -2.26. The van der Waals surface area contributed by atoms with Gasteiger partial charge < -0.3 is 24.8 Å². The molecule has 1 aromatic heterocycles. The van der Waals surface area contributed by atoms with Gasteiger partial charge in [-0.25, -0.2) is 0 Å². The van der Waals surface area contributed by atoms with Crippen molar-refractivity contribution in [3.63, 3.8) is 0 Å². The zero-order valence-electron chi connectivity index (χ0n) is 16.2. The third kappa shape index (κ3) is 5.34. The SMILES string of the molecule is COc1ccc(OC)c(Nc2cncc(C(=O)NCCN3CCOCC3)c2)c1. The molecule has 1 fully saturated rings. The Bertz CT molecular complexity index is 794. The maximum Gasteiger partial charge on any atom is 0.252 e. The molecular weight excluding hydrogens is 360 g/mol. The van der Waals surface area contributed by atoms with Crippen LogP contribution in [0.1, 0.15) is 10.4 Å². The Kier molecular flexibility index (Phi) is 7.05. The van der Waals surface area contributed by atoms with E-state index in [1.165, 1.54) is 0 Å². The summed E-state index contributed by atoms with van der Waals surface area (Å²) in [6.07, 6.45) is 3.21. The molecule has 2 heterocycles. The summed E-state index contributed by atoms with van der Waals surface area (Å²) in [5.41, 5.74) is 1.91. The van der Waals surface area contributed by atoms with Crippen molar-refractivity contribution >= 4 is 17.3 Å². The Balaban J connectivity index is 1.61. The van der Waals surface area contributed by atoms with Crippen molar-refractivity contribution in [3.05, 3.63) is 42.2 Å². The molecule has 1 aliphatic heterocycles. The van der Waals surface area contributed by atoms with Gasteiger partial charge in [0.05, 0.1) is 50.6 Å². The highest BCUT2D eigenvalue weighted by atomic mass is 16.5. The summed E-state index contributed by atoms with van der Waals surface area (Å²) < 4.78 is 16.0. The van der Waals surface area contributed by atoms with Gasteiger partial charge in [0.15, 0.2) is 0 Å². The predicted molar refractivity (Wildman–Crippen MR) is 107 cm³/mol. The number of carbonyl (C=O) groups is 1. The average Bonchev–Trinajstić information content (AvgIpc) is 2.74. The second kappa shape index (κ2) is 9.91. The molecule has 1 aliphatic rings. The number of pyridine rings is 1. The minimum Gasteiger partial charge on any atom is -0.497 e. The van der Waals surface area contributed by atoms with Crippen molar-refractivity contribution in [1.29, 1.82) is 0 Å². The van der Waals surface area contributed by atoms with Crippen LogP contribution < -0.4 is 20.1 Å². The molecule has 0 spiro atoms. The van der Waals surface area contributed by atoms with Gasteiger partial charge in [0.2, 0.25) is 0 Å². The molecule has 0 unspecified atom stereocenters. The maximum absolute atomic E-state index is 12.4. The second-order valence-electron chi connectivity index (χ2n) is 6.36. The Morgan fingerprint density at radius 3 is 2.75 bits per heavy atom. The summed E-state index contributed by atoms with van der Waals surface area (Å²) >= 11 is 0. The summed E-state index contributed by atoms with van der Waals surface area (Å²) in [5.74, 6) is 1.22. The third-order valence-electron chi connectivity index (χ3n) is 4.50. The van der Waals surface area contributed by atoms with Crippen LogP contribution >= 0.6 is 0 Å². The standard InChI is InChI=1S/C20H26N4O4/c1-26-17-3-4-19(27-2)18(12-17)23-16-11-15(13-21-14-16)20(25)22-5-6-24-7-9-28-10-8-24/h3-4,11-14,23H,5-10H2,1-2H3,(H,22,25). The number of methoxy groups -OCH3 is 2. The monoisotopic (exact) mass is 386 g/mol. The zero-order valence-corrected chi connectivity index (χ0v) is 16.2. The summed E-state index contributed by atoms with van der Waals surface area (Å²) in [5, 5.41) is 6.18. The van der Waals surface area contributed by atoms with Gasteiger partial charge in [-0.05, 0) is 18.2 Å². The van der Waals surface area contributed by atoms with Crippen molar-refractivity contribution < 1.29 is 19.0 Å². The van der Waals surface area contributed by atoms with Gasteiger partial charge in [-0.2, -0.15) is 0 Å². The summed E-state index contributed by atoms with van der Waals surface area (Å²) in [4.78, 5) is 18.9. The molecule has 0 aliphatic carbocycles. The Morgan fingerprint density at radius 2 is 2.00 bits per heavy atom. The molecule has 0 radical (unpaired) electrons. The highest BCUT2D eigenvalue weighted by molar-refractivity contribution is 5.94. The van der Waals surface area contributed by atoms with Crippen LogP contribution in [0.3, 0.4) is 0 Å². The first kappa shape index (κ1) is 19.9. The second-order valence-corrected chi connectivity index (χ2v) is 6.36. The van der Waals surface area contributed by atoms with Crippen LogP contribution in [0, 0.1) is 0 Å². The highest BCUT2D eigenvalue weighted by Crippen LogP contribution is 2.31. The van der Waals surface area contributed by atoms with E-state index in [4.69, 9.17) is 14.2 Å². The first-order chi connectivity index (χ1) is 13.7. The number of nitrogens with zero attached hydrogens (tertiary/aromatic N) is 2. The minimum absolute atomic E-state index is 0.151. The summed E-state index contributed by atoms with van der Waals surface area (Å²) in [6.45, 7) is 4.69. The maximum atomic E-state index is 12.4. The van der Waals surface area contributed by atoms with Crippen molar-refractivity contribution in [2.45, 2.75) is 0 Å². The number of amides is 1. The lowest BCUT2D eigenvalue weighted by molar-refractivity contribution is 0.0383. The molecule has 150 valence electrons. The van der Waals surface area contributed by atoms with Crippen molar-refractivity contribution in [2.75, 3.05) is 58.9 Å². The van der Waals surface area contributed by atoms with Crippen molar-refractivity contribution in [2.24, 2.45) is 0 Å². The van der Waals surface area contributed by atoms with E-state index >= 15 is 0 Å². The number of rotatable bonds is 8. The van der Waals surface area contributed by atoms with E-state index in [1.807, 2.05) is 18.2 Å². The fraction of sp³-hybridized carbons (Fsp3) is 0.400. The fourth-order valence-corrected chi connectivity index (χ4v) is 2.95. The number of carbonyl (C=O) groups excluding carboxylic acids is 1. The molecule has 3 rings (SSSR count). The van der Waals surface area contributed by atoms with Gasteiger partial charge in [-0.15, -0.1) is 0 Å². The molecule has 2 aromatic rings. The molecule has 0 bridgehead atoms. The number of nitrogens with one attached hydrogen (secondary N) is 2. The highest BCUT2D eigenvalue weighted by Gasteiger charge is 2.12. The van der Waals surface area contributed by atoms with Crippen LogP contribution in [-0.4, -0.2) is 69.4 Å². The number of hydrogen-bond acceptors (Lipinski definition) is 7. The fourth-order valence-electron chi connectivity index (χ4n) is 2.95.